The van der Waals surface area contributed by atoms with E-state index in [1.165, 1.54) is 6.07 Å². The average molecular weight is 451 g/mol. The Morgan fingerprint density at radius 1 is 1.09 bits per heavy atom. The molecule has 1 fully saturated rings. The molecule has 1 saturated heterocycles. The van der Waals surface area contributed by atoms with Crippen LogP contribution in [0, 0.1) is 6.92 Å². The number of carbonyl (C=O) groups excluding carboxylic acids is 1. The number of nitrogens with zero attached hydrogens (tertiary/aromatic N) is 1. The number of hydrogen-bond donors (Lipinski definition) is 1. The van der Waals surface area contributed by atoms with E-state index in [0.29, 0.717) is 37.7 Å². The SMILES string of the molecule is Cc1ccc(C(C)C)c(OC(C)C(=O)Nc2cc(C(F)(F)F)ccc2N2CCOCC2)c1. The zero-order valence-electron chi connectivity index (χ0n) is 18.8. The molecular formula is C24H29F3N2O3. The van der Waals surface area contributed by atoms with Crippen LogP contribution in [0.1, 0.15) is 43.4 Å². The van der Waals surface area contributed by atoms with Crippen molar-refractivity contribution in [1.82, 2.24) is 0 Å². The number of halogens is 3. The lowest BCUT2D eigenvalue weighted by molar-refractivity contribution is -0.137. The molecule has 0 bridgehead atoms. The number of ether oxygens (including phenoxy) is 2. The highest BCUT2D eigenvalue weighted by Gasteiger charge is 2.32. The van der Waals surface area contributed by atoms with Crippen LogP contribution < -0.4 is 15.0 Å². The number of morpholine rings is 1. The largest absolute Gasteiger partial charge is 0.481 e. The van der Waals surface area contributed by atoms with Crippen LogP contribution in [0.4, 0.5) is 24.5 Å². The van der Waals surface area contributed by atoms with Crippen molar-refractivity contribution in [2.24, 2.45) is 0 Å². The van der Waals surface area contributed by atoms with Crippen LogP contribution in [0.25, 0.3) is 0 Å². The van der Waals surface area contributed by atoms with Crippen molar-refractivity contribution in [3.05, 3.63) is 53.1 Å². The molecule has 0 radical (unpaired) electrons. The zero-order chi connectivity index (χ0) is 23.5. The van der Waals surface area contributed by atoms with Crippen molar-refractivity contribution in [2.45, 2.75) is 45.9 Å². The highest BCUT2D eigenvalue weighted by atomic mass is 19.4. The second-order valence-corrected chi connectivity index (χ2v) is 8.27. The summed E-state index contributed by atoms with van der Waals surface area (Å²) in [7, 11) is 0. The normalized spacial score (nSPS) is 15.6. The summed E-state index contributed by atoms with van der Waals surface area (Å²) in [6.07, 6.45) is -5.42. The van der Waals surface area contributed by atoms with Crippen molar-refractivity contribution in [2.75, 3.05) is 36.5 Å². The number of hydrogen-bond acceptors (Lipinski definition) is 4. The maximum absolute atomic E-state index is 13.3. The Morgan fingerprint density at radius 2 is 1.78 bits per heavy atom. The van der Waals surface area contributed by atoms with Crippen molar-refractivity contribution in [1.29, 1.82) is 0 Å². The molecule has 0 aliphatic carbocycles. The first-order valence-electron chi connectivity index (χ1n) is 10.7. The number of rotatable bonds is 6. The van der Waals surface area contributed by atoms with Crippen LogP contribution >= 0.6 is 0 Å². The molecule has 1 unspecified atom stereocenters. The van der Waals surface area contributed by atoms with Crippen LogP contribution in [0.2, 0.25) is 0 Å². The van der Waals surface area contributed by atoms with Gasteiger partial charge in [-0.25, -0.2) is 0 Å². The van der Waals surface area contributed by atoms with Crippen LogP contribution in [0.3, 0.4) is 0 Å². The smallest absolute Gasteiger partial charge is 0.416 e. The Balaban J connectivity index is 1.85. The summed E-state index contributed by atoms with van der Waals surface area (Å²) >= 11 is 0. The van der Waals surface area contributed by atoms with E-state index >= 15 is 0 Å². The number of nitrogens with one attached hydrogen (secondary N) is 1. The predicted molar refractivity (Wildman–Crippen MR) is 118 cm³/mol. The molecule has 0 aromatic heterocycles. The topological polar surface area (TPSA) is 50.8 Å². The molecule has 8 heteroatoms. The van der Waals surface area contributed by atoms with Crippen LogP contribution in [-0.4, -0.2) is 38.3 Å². The molecule has 5 nitrogen and oxygen atoms in total. The van der Waals surface area contributed by atoms with Crippen molar-refractivity contribution < 1.29 is 27.4 Å². The average Bonchev–Trinajstić information content (AvgIpc) is 2.73. The quantitative estimate of drug-likeness (QED) is 0.642. The van der Waals surface area contributed by atoms with Crippen molar-refractivity contribution >= 4 is 17.3 Å². The fourth-order valence-corrected chi connectivity index (χ4v) is 3.59. The molecule has 1 amide bonds. The Labute approximate surface area is 186 Å². The minimum Gasteiger partial charge on any atom is -0.481 e. The van der Waals surface area contributed by atoms with Crippen molar-refractivity contribution in [3.8, 4) is 5.75 Å². The first kappa shape index (κ1) is 23.9. The molecule has 1 aliphatic heterocycles. The molecular weight excluding hydrogens is 421 g/mol. The van der Waals surface area contributed by atoms with Crippen molar-refractivity contribution in [3.63, 3.8) is 0 Å². The summed E-state index contributed by atoms with van der Waals surface area (Å²) in [5.41, 5.74) is 1.77. The summed E-state index contributed by atoms with van der Waals surface area (Å²) in [5, 5.41) is 2.66. The fourth-order valence-electron chi connectivity index (χ4n) is 3.59. The standard InChI is InChI=1S/C24H29F3N2O3/c1-15(2)19-7-5-16(3)13-22(19)32-17(4)23(30)28-20-14-18(24(25,26)27)6-8-21(20)29-9-11-31-12-10-29/h5-8,13-15,17H,9-12H2,1-4H3,(H,28,30). The molecule has 2 aromatic rings. The molecule has 32 heavy (non-hydrogen) atoms. The summed E-state index contributed by atoms with van der Waals surface area (Å²) in [4.78, 5) is 14.8. The van der Waals surface area contributed by atoms with Gasteiger partial charge in [0.25, 0.3) is 5.91 Å². The molecule has 2 aromatic carbocycles. The molecule has 0 saturated carbocycles. The summed E-state index contributed by atoms with van der Waals surface area (Å²) in [5.74, 6) is 0.271. The van der Waals surface area contributed by atoms with E-state index in [9.17, 15) is 18.0 Å². The summed E-state index contributed by atoms with van der Waals surface area (Å²) in [6.45, 7) is 9.57. The van der Waals surface area contributed by atoms with Gasteiger partial charge < -0.3 is 19.7 Å². The minimum atomic E-state index is -4.52. The van der Waals surface area contributed by atoms with Gasteiger partial charge in [0.1, 0.15) is 5.75 Å². The Morgan fingerprint density at radius 3 is 2.41 bits per heavy atom. The second kappa shape index (κ2) is 9.81. The van der Waals surface area contributed by atoms with Gasteiger partial charge in [-0.3, -0.25) is 4.79 Å². The van der Waals surface area contributed by atoms with E-state index < -0.39 is 23.8 Å². The molecule has 1 N–H and O–H groups in total. The third-order valence-corrected chi connectivity index (χ3v) is 5.40. The zero-order valence-corrected chi connectivity index (χ0v) is 18.8. The molecule has 1 aliphatic rings. The minimum absolute atomic E-state index is 0.107. The lowest BCUT2D eigenvalue weighted by Crippen LogP contribution is -2.37. The van der Waals surface area contributed by atoms with Gasteiger partial charge in [-0.05, 0) is 55.2 Å². The van der Waals surface area contributed by atoms with Gasteiger partial charge in [0, 0.05) is 13.1 Å². The third kappa shape index (κ3) is 5.73. The second-order valence-electron chi connectivity index (χ2n) is 8.27. The Bertz CT molecular complexity index is 954. The lowest BCUT2D eigenvalue weighted by atomic mass is 10.0. The number of benzene rings is 2. The summed E-state index contributed by atoms with van der Waals surface area (Å²) in [6, 6.07) is 9.20. The molecule has 1 atom stereocenters. The Kier molecular flexibility index (Phi) is 7.33. The van der Waals surface area contributed by atoms with E-state index in [-0.39, 0.29) is 11.6 Å². The van der Waals surface area contributed by atoms with E-state index in [4.69, 9.17) is 9.47 Å². The first-order chi connectivity index (χ1) is 15.1. The van der Waals surface area contributed by atoms with Gasteiger partial charge in [-0.2, -0.15) is 13.2 Å². The van der Waals surface area contributed by atoms with E-state index in [1.807, 2.05) is 43.9 Å². The first-order valence-corrected chi connectivity index (χ1v) is 10.7. The van der Waals surface area contributed by atoms with E-state index in [1.54, 1.807) is 6.92 Å². The monoisotopic (exact) mass is 450 g/mol. The van der Waals surface area contributed by atoms with Gasteiger partial charge in [-0.15, -0.1) is 0 Å². The number of alkyl halides is 3. The fraction of sp³-hybridized carbons (Fsp3) is 0.458. The maximum Gasteiger partial charge on any atom is 0.416 e. The van der Waals surface area contributed by atoms with Gasteiger partial charge in [-0.1, -0.05) is 26.0 Å². The van der Waals surface area contributed by atoms with E-state index in [2.05, 4.69) is 5.32 Å². The van der Waals surface area contributed by atoms with Gasteiger partial charge in [0.2, 0.25) is 0 Å². The number of amides is 1. The van der Waals surface area contributed by atoms with Gasteiger partial charge in [0.15, 0.2) is 6.10 Å². The molecule has 0 spiro atoms. The van der Waals surface area contributed by atoms with E-state index in [0.717, 1.165) is 23.3 Å². The van der Waals surface area contributed by atoms with Crippen LogP contribution in [0.15, 0.2) is 36.4 Å². The maximum atomic E-state index is 13.3. The number of carbonyl (C=O) groups is 1. The third-order valence-electron chi connectivity index (χ3n) is 5.40. The predicted octanol–water partition coefficient (Wildman–Crippen LogP) is 5.38. The summed E-state index contributed by atoms with van der Waals surface area (Å²) < 4.78 is 51.2. The lowest BCUT2D eigenvalue weighted by Gasteiger charge is -2.31. The molecule has 3 rings (SSSR count). The number of anilines is 2. The van der Waals surface area contributed by atoms with Gasteiger partial charge in [0.05, 0.1) is 30.2 Å². The molecule has 1 heterocycles. The van der Waals surface area contributed by atoms with Gasteiger partial charge >= 0.3 is 6.18 Å². The molecule has 174 valence electrons. The van der Waals surface area contributed by atoms with Crippen LogP contribution in [0.5, 0.6) is 5.75 Å². The number of aryl methyl sites for hydroxylation is 1. The Hall–Kier alpha value is -2.74. The highest BCUT2D eigenvalue weighted by Crippen LogP contribution is 2.36. The highest BCUT2D eigenvalue weighted by molar-refractivity contribution is 5.97. The van der Waals surface area contributed by atoms with Crippen LogP contribution in [-0.2, 0) is 15.7 Å².